The first-order chi connectivity index (χ1) is 10.9. The molecule has 0 bridgehead atoms. The topological polar surface area (TPSA) is 94.0 Å². The van der Waals surface area contributed by atoms with Crippen molar-refractivity contribution in [3.63, 3.8) is 0 Å². The van der Waals surface area contributed by atoms with E-state index in [0.29, 0.717) is 34.0 Å². The molecule has 1 amide bonds. The largest absolute Gasteiger partial charge is 0.442 e. The number of amides is 1. The number of aryl methyl sites for hydroxylation is 2. The number of carbonyl (C=O) groups excluding carboxylic acids is 1. The lowest BCUT2D eigenvalue weighted by molar-refractivity contribution is 0.1000. The van der Waals surface area contributed by atoms with Crippen LogP contribution < -0.4 is 11.1 Å². The molecule has 2 aromatic heterocycles. The van der Waals surface area contributed by atoms with Crippen molar-refractivity contribution >= 4 is 17.0 Å². The first kappa shape index (κ1) is 15.9. The fourth-order valence-corrected chi connectivity index (χ4v) is 3.03. The van der Waals surface area contributed by atoms with E-state index in [1.54, 1.807) is 13.1 Å². The zero-order valence-electron chi connectivity index (χ0n) is 14.0. The van der Waals surface area contributed by atoms with E-state index in [2.05, 4.69) is 29.1 Å². The number of aromatic nitrogens is 2. The minimum Gasteiger partial charge on any atom is -0.442 e. The number of nitrogens with one attached hydrogen (secondary N) is 1. The van der Waals surface area contributed by atoms with Crippen LogP contribution in [0.25, 0.3) is 11.1 Å². The number of nitrogens with two attached hydrogens (primary N) is 1. The van der Waals surface area contributed by atoms with Gasteiger partial charge in [0.1, 0.15) is 11.6 Å². The van der Waals surface area contributed by atoms with Crippen LogP contribution in [0.1, 0.15) is 61.5 Å². The molecule has 1 aliphatic rings. The van der Waals surface area contributed by atoms with Gasteiger partial charge < -0.3 is 15.5 Å². The van der Waals surface area contributed by atoms with Crippen LogP contribution in [0.2, 0.25) is 0 Å². The lowest BCUT2D eigenvalue weighted by Crippen LogP contribution is -2.36. The smallest absolute Gasteiger partial charge is 0.253 e. The number of nitrogens with zero attached hydrogens (tertiary/aromatic N) is 2. The molecule has 0 radical (unpaired) electrons. The van der Waals surface area contributed by atoms with Crippen LogP contribution in [0, 0.1) is 6.92 Å². The van der Waals surface area contributed by atoms with Crippen LogP contribution in [0.15, 0.2) is 10.6 Å². The molecule has 124 valence electrons. The van der Waals surface area contributed by atoms with Gasteiger partial charge in [-0.2, -0.15) is 4.98 Å². The monoisotopic (exact) mass is 316 g/mol. The molecule has 1 fully saturated rings. The number of fused-ring (bicyclic) bond motifs is 1. The van der Waals surface area contributed by atoms with Crippen LogP contribution >= 0.6 is 0 Å². The third-order valence-electron chi connectivity index (χ3n) is 4.55. The number of primary amides is 1. The molecule has 0 spiro atoms. The molecule has 1 atom stereocenters. The van der Waals surface area contributed by atoms with Crippen LogP contribution in [0.3, 0.4) is 0 Å². The van der Waals surface area contributed by atoms with Gasteiger partial charge >= 0.3 is 0 Å². The molecule has 0 saturated heterocycles. The summed E-state index contributed by atoms with van der Waals surface area (Å²) in [6.45, 7) is 6.21. The molecular formula is C17H24N4O2. The van der Waals surface area contributed by atoms with Crippen molar-refractivity contribution in [2.24, 2.45) is 5.73 Å². The summed E-state index contributed by atoms with van der Waals surface area (Å²) in [5.74, 6) is 0.729. The number of hydrogen-bond acceptors (Lipinski definition) is 5. The average molecular weight is 316 g/mol. The zero-order chi connectivity index (χ0) is 16.6. The lowest BCUT2D eigenvalue weighted by Gasteiger charge is -2.18. The molecule has 1 aliphatic carbocycles. The molecule has 1 unspecified atom stereocenters. The summed E-state index contributed by atoms with van der Waals surface area (Å²) < 4.78 is 5.54. The maximum atomic E-state index is 11.4. The van der Waals surface area contributed by atoms with E-state index < -0.39 is 5.91 Å². The highest BCUT2D eigenvalue weighted by molar-refractivity contribution is 6.05. The summed E-state index contributed by atoms with van der Waals surface area (Å²) in [6, 6.07) is 0.499. The molecule has 6 nitrogen and oxygen atoms in total. The predicted molar refractivity (Wildman–Crippen MR) is 88.2 cm³/mol. The highest BCUT2D eigenvalue weighted by Crippen LogP contribution is 2.35. The maximum Gasteiger partial charge on any atom is 0.253 e. The summed E-state index contributed by atoms with van der Waals surface area (Å²) in [4.78, 5) is 20.2. The van der Waals surface area contributed by atoms with Crippen LogP contribution in [0.4, 0.5) is 0 Å². The van der Waals surface area contributed by atoms with Gasteiger partial charge in [0.25, 0.3) is 5.91 Å². The van der Waals surface area contributed by atoms with Gasteiger partial charge in [0.2, 0.25) is 5.71 Å². The Morgan fingerprint density at radius 2 is 2.26 bits per heavy atom. The molecule has 23 heavy (non-hydrogen) atoms. The van der Waals surface area contributed by atoms with E-state index in [9.17, 15) is 4.79 Å². The molecule has 2 heterocycles. The first-order valence-corrected chi connectivity index (χ1v) is 8.20. The van der Waals surface area contributed by atoms with E-state index in [1.165, 1.54) is 12.8 Å². The summed E-state index contributed by atoms with van der Waals surface area (Å²) in [7, 11) is 0. The molecule has 1 saturated carbocycles. The van der Waals surface area contributed by atoms with Crippen molar-refractivity contribution in [3.8, 4) is 0 Å². The Bertz CT molecular complexity index is 734. The van der Waals surface area contributed by atoms with E-state index in [0.717, 1.165) is 25.1 Å². The fourth-order valence-electron chi connectivity index (χ4n) is 3.03. The quantitative estimate of drug-likeness (QED) is 0.818. The van der Waals surface area contributed by atoms with E-state index in [1.807, 2.05) is 0 Å². The molecular weight excluding hydrogens is 292 g/mol. The standard InChI is InChI=1S/C17H24N4O2/c1-10(21-17(3)7-8-17)5-4-6-13-19-9-12-14(15(18)22)11(2)23-16(12)20-13/h9-10,21H,4-8H2,1-3H3,(H2,18,22). The van der Waals surface area contributed by atoms with Crippen LogP contribution in [0.5, 0.6) is 0 Å². The second kappa shape index (κ2) is 5.92. The van der Waals surface area contributed by atoms with Crippen molar-refractivity contribution in [1.29, 1.82) is 0 Å². The molecule has 3 rings (SSSR count). The summed E-state index contributed by atoms with van der Waals surface area (Å²) in [6.07, 6.45) is 7.08. The number of furan rings is 1. The number of carbonyl (C=O) groups is 1. The Balaban J connectivity index is 1.61. The highest BCUT2D eigenvalue weighted by Gasteiger charge is 2.37. The molecule has 3 N–H and O–H groups in total. The van der Waals surface area contributed by atoms with E-state index >= 15 is 0 Å². The Kier molecular flexibility index (Phi) is 4.10. The molecule has 0 aromatic carbocycles. The van der Waals surface area contributed by atoms with Gasteiger partial charge in [0.05, 0.1) is 10.9 Å². The summed E-state index contributed by atoms with van der Waals surface area (Å²) in [5, 5.41) is 4.25. The third-order valence-corrected chi connectivity index (χ3v) is 4.55. The second-order valence-electron chi connectivity index (χ2n) is 6.90. The Morgan fingerprint density at radius 3 is 2.91 bits per heavy atom. The summed E-state index contributed by atoms with van der Waals surface area (Å²) in [5.41, 5.74) is 6.56. The number of rotatable bonds is 7. The minimum absolute atomic E-state index is 0.367. The van der Waals surface area contributed by atoms with Gasteiger partial charge in [-0.15, -0.1) is 0 Å². The Hall–Kier alpha value is -1.95. The van der Waals surface area contributed by atoms with Gasteiger partial charge in [-0.1, -0.05) is 0 Å². The van der Waals surface area contributed by atoms with Crippen LogP contribution in [-0.2, 0) is 6.42 Å². The van der Waals surface area contributed by atoms with Crippen molar-refractivity contribution in [1.82, 2.24) is 15.3 Å². The molecule has 6 heteroatoms. The average Bonchev–Trinajstić information content (AvgIpc) is 3.08. The third kappa shape index (κ3) is 3.52. The Labute approximate surface area is 135 Å². The van der Waals surface area contributed by atoms with Crippen molar-refractivity contribution in [3.05, 3.63) is 23.3 Å². The SMILES string of the molecule is Cc1oc2nc(CCCC(C)NC3(C)CC3)ncc2c1C(N)=O. The van der Waals surface area contributed by atoms with Crippen molar-refractivity contribution in [2.45, 2.75) is 64.5 Å². The van der Waals surface area contributed by atoms with Gasteiger partial charge in [0, 0.05) is 24.2 Å². The minimum atomic E-state index is -0.508. The molecule has 0 aliphatic heterocycles. The lowest BCUT2D eigenvalue weighted by atomic mass is 10.1. The van der Waals surface area contributed by atoms with Crippen molar-refractivity contribution < 1.29 is 9.21 Å². The second-order valence-corrected chi connectivity index (χ2v) is 6.90. The van der Waals surface area contributed by atoms with Gasteiger partial charge in [-0.05, 0) is 46.5 Å². The number of hydrogen-bond donors (Lipinski definition) is 2. The zero-order valence-corrected chi connectivity index (χ0v) is 14.0. The van der Waals surface area contributed by atoms with Gasteiger partial charge in [0.15, 0.2) is 0 Å². The highest BCUT2D eigenvalue weighted by atomic mass is 16.3. The summed E-state index contributed by atoms with van der Waals surface area (Å²) >= 11 is 0. The van der Waals surface area contributed by atoms with Crippen LogP contribution in [-0.4, -0.2) is 27.5 Å². The molecule has 2 aromatic rings. The normalized spacial score (nSPS) is 17.3. The van der Waals surface area contributed by atoms with Gasteiger partial charge in [-0.25, -0.2) is 4.98 Å². The van der Waals surface area contributed by atoms with Gasteiger partial charge in [-0.3, -0.25) is 4.79 Å². The predicted octanol–water partition coefficient (Wildman–Crippen LogP) is 2.48. The Morgan fingerprint density at radius 1 is 1.52 bits per heavy atom. The van der Waals surface area contributed by atoms with E-state index in [4.69, 9.17) is 10.2 Å². The first-order valence-electron chi connectivity index (χ1n) is 8.20. The van der Waals surface area contributed by atoms with E-state index in [-0.39, 0.29) is 0 Å². The fraction of sp³-hybridized carbons (Fsp3) is 0.588. The maximum absolute atomic E-state index is 11.4. The van der Waals surface area contributed by atoms with Crippen molar-refractivity contribution in [2.75, 3.05) is 0 Å².